The molecular formula is C15H21N2O-. The molecule has 1 aromatic rings. The summed E-state index contributed by atoms with van der Waals surface area (Å²) < 4.78 is 0. The van der Waals surface area contributed by atoms with Crippen molar-refractivity contribution in [3.63, 3.8) is 0 Å². The Labute approximate surface area is 109 Å². The quantitative estimate of drug-likeness (QED) is 0.805. The van der Waals surface area contributed by atoms with E-state index in [0.717, 1.165) is 43.1 Å². The number of carbonyl (C=O) groups is 1. The Morgan fingerprint density at radius 1 is 1.28 bits per heavy atom. The third kappa shape index (κ3) is 3.25. The highest BCUT2D eigenvalue weighted by Crippen LogP contribution is 2.19. The molecule has 1 aromatic carbocycles. The molecule has 0 atom stereocenters. The second-order valence-electron chi connectivity index (χ2n) is 5.13. The molecule has 1 heterocycles. The van der Waals surface area contributed by atoms with Crippen LogP contribution in [0.3, 0.4) is 0 Å². The Morgan fingerprint density at radius 3 is 2.44 bits per heavy atom. The van der Waals surface area contributed by atoms with Crippen LogP contribution in [0.25, 0.3) is 5.32 Å². The van der Waals surface area contributed by atoms with Gasteiger partial charge in [-0.05, 0) is 24.3 Å². The van der Waals surface area contributed by atoms with E-state index in [4.69, 9.17) is 0 Å². The molecule has 0 spiro atoms. The Balaban J connectivity index is 1.90. The van der Waals surface area contributed by atoms with Crippen molar-refractivity contribution in [3.8, 4) is 0 Å². The van der Waals surface area contributed by atoms with Crippen molar-refractivity contribution < 1.29 is 4.79 Å². The fourth-order valence-corrected chi connectivity index (χ4v) is 2.31. The fourth-order valence-electron chi connectivity index (χ4n) is 2.31. The number of benzene rings is 1. The normalized spacial score (nSPS) is 16.7. The van der Waals surface area contributed by atoms with Gasteiger partial charge in [0.2, 0.25) is 5.91 Å². The van der Waals surface area contributed by atoms with E-state index in [1.54, 1.807) is 7.05 Å². The maximum atomic E-state index is 12.1. The first-order chi connectivity index (χ1) is 8.69. The Kier molecular flexibility index (Phi) is 4.24. The van der Waals surface area contributed by atoms with Gasteiger partial charge in [0.25, 0.3) is 0 Å². The van der Waals surface area contributed by atoms with E-state index in [-0.39, 0.29) is 5.91 Å². The number of nitrogens with zero attached hydrogens (tertiary/aromatic N) is 2. The van der Waals surface area contributed by atoms with Gasteiger partial charge in [0.15, 0.2) is 0 Å². The molecule has 3 nitrogen and oxygen atoms in total. The third-order valence-electron chi connectivity index (χ3n) is 3.69. The molecule has 1 aliphatic rings. The van der Waals surface area contributed by atoms with Crippen molar-refractivity contribution in [1.82, 2.24) is 4.90 Å². The summed E-state index contributed by atoms with van der Waals surface area (Å²) in [6.07, 6.45) is 2.79. The molecule has 0 aromatic heterocycles. The summed E-state index contributed by atoms with van der Waals surface area (Å²) in [5, 5.41) is 4.09. The van der Waals surface area contributed by atoms with Crippen molar-refractivity contribution in [3.05, 3.63) is 35.1 Å². The molecule has 1 amide bonds. The largest absolute Gasteiger partial charge is 0.687 e. The monoisotopic (exact) mass is 245 g/mol. The molecule has 2 rings (SSSR count). The van der Waals surface area contributed by atoms with E-state index in [9.17, 15) is 4.79 Å². The number of piperidine rings is 1. The maximum Gasteiger partial charge on any atom is 0.226 e. The van der Waals surface area contributed by atoms with Gasteiger partial charge in [-0.1, -0.05) is 31.2 Å². The minimum absolute atomic E-state index is 0.253. The van der Waals surface area contributed by atoms with Crippen molar-refractivity contribution in [1.29, 1.82) is 0 Å². The first-order valence-corrected chi connectivity index (χ1v) is 6.65. The summed E-state index contributed by atoms with van der Waals surface area (Å²) in [4.78, 5) is 14.1. The lowest BCUT2D eigenvalue weighted by Crippen LogP contribution is -2.38. The predicted octanol–water partition coefficient (Wildman–Crippen LogP) is 3.12. The highest BCUT2D eigenvalue weighted by Gasteiger charge is 2.19. The number of likely N-dealkylation sites (tertiary alicyclic amines) is 1. The Hall–Kier alpha value is -1.51. The van der Waals surface area contributed by atoms with Crippen molar-refractivity contribution >= 4 is 11.6 Å². The van der Waals surface area contributed by atoms with Crippen molar-refractivity contribution in [2.45, 2.75) is 26.2 Å². The van der Waals surface area contributed by atoms with Gasteiger partial charge >= 0.3 is 0 Å². The summed E-state index contributed by atoms with van der Waals surface area (Å²) in [6.45, 7) is 4.10. The number of carbonyl (C=O) groups excluding carboxylic acids is 1. The van der Waals surface area contributed by atoms with Crippen molar-refractivity contribution in [2.24, 2.45) is 5.92 Å². The van der Waals surface area contributed by atoms with Crippen LogP contribution >= 0.6 is 0 Å². The summed E-state index contributed by atoms with van der Waals surface area (Å²) in [5.41, 5.74) is 2.03. The Morgan fingerprint density at radius 2 is 1.89 bits per heavy atom. The van der Waals surface area contributed by atoms with E-state index in [1.807, 2.05) is 29.2 Å². The van der Waals surface area contributed by atoms with Crippen LogP contribution < -0.4 is 0 Å². The van der Waals surface area contributed by atoms with Gasteiger partial charge in [-0.2, -0.15) is 0 Å². The lowest BCUT2D eigenvalue weighted by Gasteiger charge is -2.30. The van der Waals surface area contributed by atoms with Gasteiger partial charge in [0.1, 0.15) is 0 Å². The average molecular weight is 245 g/mol. The van der Waals surface area contributed by atoms with Gasteiger partial charge in [-0.3, -0.25) is 4.79 Å². The number of hydrogen-bond acceptors (Lipinski definition) is 1. The smallest absolute Gasteiger partial charge is 0.226 e. The molecule has 18 heavy (non-hydrogen) atoms. The molecule has 0 unspecified atom stereocenters. The summed E-state index contributed by atoms with van der Waals surface area (Å²) >= 11 is 0. The maximum absolute atomic E-state index is 12.1. The molecule has 0 bridgehead atoms. The molecular weight excluding hydrogens is 224 g/mol. The van der Waals surface area contributed by atoms with Gasteiger partial charge in [0.05, 0.1) is 6.42 Å². The second-order valence-corrected chi connectivity index (χ2v) is 5.13. The number of amides is 1. The van der Waals surface area contributed by atoms with E-state index < -0.39 is 0 Å². The zero-order chi connectivity index (χ0) is 13.0. The zero-order valence-electron chi connectivity index (χ0n) is 11.2. The molecule has 1 fully saturated rings. The zero-order valence-corrected chi connectivity index (χ0v) is 11.2. The van der Waals surface area contributed by atoms with E-state index in [1.165, 1.54) is 0 Å². The van der Waals surface area contributed by atoms with E-state index >= 15 is 0 Å². The van der Waals surface area contributed by atoms with Crippen LogP contribution in [-0.4, -0.2) is 30.9 Å². The highest BCUT2D eigenvalue weighted by molar-refractivity contribution is 5.79. The van der Waals surface area contributed by atoms with Crippen LogP contribution in [0.2, 0.25) is 0 Å². The van der Waals surface area contributed by atoms with Crippen LogP contribution in [0.15, 0.2) is 24.3 Å². The average Bonchev–Trinajstić information content (AvgIpc) is 2.40. The lowest BCUT2D eigenvalue weighted by atomic mass is 9.98. The van der Waals surface area contributed by atoms with Crippen LogP contribution in [0, 0.1) is 5.92 Å². The van der Waals surface area contributed by atoms with Crippen molar-refractivity contribution in [2.75, 3.05) is 20.1 Å². The molecule has 0 radical (unpaired) electrons. The molecule has 0 saturated carbocycles. The molecule has 3 heteroatoms. The van der Waals surface area contributed by atoms with Crippen LogP contribution in [0.5, 0.6) is 0 Å². The molecule has 0 aliphatic carbocycles. The summed E-state index contributed by atoms with van der Waals surface area (Å²) in [6, 6.07) is 7.90. The SMILES string of the molecule is C[N-]c1ccc(CC(=O)N2CCC(C)CC2)cc1. The molecule has 1 saturated heterocycles. The second kappa shape index (κ2) is 5.89. The van der Waals surface area contributed by atoms with Crippen LogP contribution in [0.1, 0.15) is 25.3 Å². The Bertz CT molecular complexity index is 391. The first-order valence-electron chi connectivity index (χ1n) is 6.65. The number of hydrogen-bond donors (Lipinski definition) is 0. The summed E-state index contributed by atoms with van der Waals surface area (Å²) in [5.74, 6) is 1.02. The van der Waals surface area contributed by atoms with E-state index in [2.05, 4.69) is 12.2 Å². The summed E-state index contributed by atoms with van der Waals surface area (Å²) in [7, 11) is 1.77. The first kappa shape index (κ1) is 12.9. The standard InChI is InChI=1S/C15H21N2O/c1-12-7-9-17(10-8-12)15(18)11-13-3-5-14(16-2)6-4-13/h3-6,12H,7-11H2,1-2H3/q-1. The predicted molar refractivity (Wildman–Crippen MR) is 74.1 cm³/mol. The molecule has 0 N–H and O–H groups in total. The topological polar surface area (TPSA) is 34.4 Å². The third-order valence-corrected chi connectivity index (χ3v) is 3.69. The highest BCUT2D eigenvalue weighted by atomic mass is 16.2. The van der Waals surface area contributed by atoms with E-state index in [0.29, 0.717) is 6.42 Å². The van der Waals surface area contributed by atoms with Gasteiger partial charge in [0, 0.05) is 13.1 Å². The van der Waals surface area contributed by atoms with Crippen LogP contribution in [0.4, 0.5) is 5.69 Å². The van der Waals surface area contributed by atoms with Gasteiger partial charge in [-0.25, -0.2) is 0 Å². The molecule has 98 valence electrons. The van der Waals surface area contributed by atoms with Gasteiger partial charge in [-0.15, -0.1) is 12.7 Å². The van der Waals surface area contributed by atoms with Crippen LogP contribution in [-0.2, 0) is 11.2 Å². The lowest BCUT2D eigenvalue weighted by molar-refractivity contribution is -0.131. The minimum atomic E-state index is 0.253. The van der Waals surface area contributed by atoms with Gasteiger partial charge < -0.3 is 10.2 Å². The number of rotatable bonds is 3. The minimum Gasteiger partial charge on any atom is -0.687 e. The molecule has 1 aliphatic heterocycles. The fraction of sp³-hybridized carbons (Fsp3) is 0.533.